The number of hydrogen-bond acceptors (Lipinski definition) is 1. The van der Waals surface area contributed by atoms with Gasteiger partial charge in [0.25, 0.3) is 6.43 Å². The van der Waals surface area contributed by atoms with Crippen LogP contribution in [0.5, 0.6) is 0 Å². The van der Waals surface area contributed by atoms with Crippen molar-refractivity contribution >= 4 is 41.5 Å². The van der Waals surface area contributed by atoms with Crippen molar-refractivity contribution in [2.24, 2.45) is 0 Å². The Morgan fingerprint density at radius 2 is 1.67 bits per heavy atom. The first-order valence-corrected chi connectivity index (χ1v) is 3.91. The van der Waals surface area contributed by atoms with Crippen LogP contribution < -0.4 is 0 Å². The molecule has 1 aromatic heterocycles. The molecule has 0 saturated heterocycles. The molecule has 1 aromatic carbocycles. The number of benzene rings is 1. The minimum absolute atomic E-state index is 0. The maximum Gasteiger partial charge on any atom is 0.280 e. The average Bonchev–Trinajstić information content (AvgIpc) is 2.17. The van der Waals surface area contributed by atoms with Crippen LogP contribution >= 0.6 is 13.5 Å². The molecular formula is C10H9F2NSSe. The summed E-state index contributed by atoms with van der Waals surface area (Å²) in [6.07, 6.45) is -2.50. The average molecular weight is 292 g/mol. The first-order chi connectivity index (χ1) is 6.27. The van der Waals surface area contributed by atoms with Crippen LogP contribution in [0.2, 0.25) is 0 Å². The zero-order valence-corrected chi connectivity index (χ0v) is 10.4. The zero-order valence-electron chi connectivity index (χ0n) is 7.65. The van der Waals surface area contributed by atoms with Crippen molar-refractivity contribution in [3.8, 4) is 0 Å². The normalized spacial score (nSPS) is 9.53. The van der Waals surface area contributed by atoms with E-state index in [0.717, 1.165) is 5.39 Å². The quantitative estimate of drug-likeness (QED) is 0.737. The number of pyridine rings is 1. The summed E-state index contributed by atoms with van der Waals surface area (Å²) in [5.74, 6) is 0. The molecule has 0 bridgehead atoms. The van der Waals surface area contributed by atoms with E-state index in [4.69, 9.17) is 0 Å². The van der Waals surface area contributed by atoms with Gasteiger partial charge in [0.05, 0.1) is 5.52 Å². The second-order valence-corrected chi connectivity index (χ2v) is 2.73. The van der Waals surface area contributed by atoms with Gasteiger partial charge in [-0.15, -0.1) is 0 Å². The van der Waals surface area contributed by atoms with Gasteiger partial charge in [0, 0.05) is 22.5 Å². The van der Waals surface area contributed by atoms with E-state index in [1.807, 2.05) is 12.1 Å². The van der Waals surface area contributed by atoms with Gasteiger partial charge in [-0.1, -0.05) is 24.3 Å². The first-order valence-electron chi connectivity index (χ1n) is 3.91. The molecule has 0 amide bonds. The molecule has 0 saturated carbocycles. The van der Waals surface area contributed by atoms with E-state index in [9.17, 15) is 8.78 Å². The topological polar surface area (TPSA) is 12.9 Å². The largest absolute Gasteiger partial charge is 0.280 e. The third-order valence-electron chi connectivity index (χ3n) is 1.84. The molecule has 1 nitrogen and oxygen atoms in total. The fourth-order valence-electron chi connectivity index (χ4n) is 1.20. The summed E-state index contributed by atoms with van der Waals surface area (Å²) in [5, 5.41) is 0.881. The molecule has 0 spiro atoms. The van der Waals surface area contributed by atoms with E-state index in [1.54, 1.807) is 18.2 Å². The van der Waals surface area contributed by atoms with E-state index in [-0.39, 0.29) is 36.3 Å². The molecule has 80 valence electrons. The minimum Gasteiger partial charge on any atom is -0.247 e. The van der Waals surface area contributed by atoms with E-state index in [2.05, 4.69) is 4.98 Å². The summed E-state index contributed by atoms with van der Waals surface area (Å²) in [7, 11) is 0. The third-order valence-corrected chi connectivity index (χ3v) is 1.84. The Morgan fingerprint density at radius 3 is 2.33 bits per heavy atom. The second-order valence-electron chi connectivity index (χ2n) is 2.73. The summed E-state index contributed by atoms with van der Waals surface area (Å²) in [5.41, 5.74) is 0.444. The number of para-hydroxylation sites is 1. The fraction of sp³-hybridized carbons (Fsp3) is 0.100. The summed E-state index contributed by atoms with van der Waals surface area (Å²) < 4.78 is 24.5. The Balaban J connectivity index is 0.000000980. The predicted molar refractivity (Wildman–Crippen MR) is 62.8 cm³/mol. The third kappa shape index (κ3) is 3.16. The van der Waals surface area contributed by atoms with Gasteiger partial charge in [-0.2, -0.15) is 13.5 Å². The van der Waals surface area contributed by atoms with Crippen LogP contribution in [0.3, 0.4) is 0 Å². The molecule has 2 rings (SSSR count). The van der Waals surface area contributed by atoms with Crippen molar-refractivity contribution in [1.29, 1.82) is 0 Å². The molecule has 0 aliphatic heterocycles. The van der Waals surface area contributed by atoms with Crippen molar-refractivity contribution in [2.75, 3.05) is 0 Å². The zero-order chi connectivity index (χ0) is 9.26. The van der Waals surface area contributed by atoms with Gasteiger partial charge in [-0.25, -0.2) is 13.8 Å². The minimum atomic E-state index is -2.50. The molecule has 0 N–H and O–H groups in total. The van der Waals surface area contributed by atoms with Gasteiger partial charge in [0.2, 0.25) is 0 Å². The standard InChI is InChI=1S/C10H7F2N.H2S.Se/c11-10(12)9-6-5-7-3-1-2-4-8(7)13-9;;/h1-6,10H;1H2;. The smallest absolute Gasteiger partial charge is 0.247 e. The molecule has 2 radical (unpaired) electrons. The SMILES string of the molecule is FC(F)c1ccc2ccccc2n1.S.[Se]. The van der Waals surface area contributed by atoms with Crippen LogP contribution in [-0.2, 0) is 0 Å². The first kappa shape index (κ1) is 14.4. The number of fused-ring (bicyclic) bond motifs is 1. The van der Waals surface area contributed by atoms with Crippen molar-refractivity contribution in [2.45, 2.75) is 6.43 Å². The van der Waals surface area contributed by atoms with E-state index >= 15 is 0 Å². The summed E-state index contributed by atoms with van der Waals surface area (Å²) in [4.78, 5) is 3.82. The predicted octanol–water partition coefficient (Wildman–Crippen LogP) is 2.90. The van der Waals surface area contributed by atoms with Crippen molar-refractivity contribution < 1.29 is 8.78 Å². The van der Waals surface area contributed by atoms with Gasteiger partial charge in [-0.05, 0) is 12.1 Å². The maximum atomic E-state index is 12.2. The van der Waals surface area contributed by atoms with Crippen molar-refractivity contribution in [3.05, 3.63) is 42.1 Å². The number of halogens is 2. The molecule has 1 heterocycles. The Morgan fingerprint density at radius 1 is 1.00 bits per heavy atom. The Bertz CT molecular complexity index is 436. The van der Waals surface area contributed by atoms with E-state index in [0.29, 0.717) is 5.52 Å². The Hall–Kier alpha value is -0.641. The molecule has 0 unspecified atom stereocenters. The molecular weight excluding hydrogens is 283 g/mol. The van der Waals surface area contributed by atoms with Gasteiger partial charge in [-0.3, -0.25) is 0 Å². The van der Waals surface area contributed by atoms with E-state index < -0.39 is 6.43 Å². The number of alkyl halides is 2. The molecule has 0 fully saturated rings. The van der Waals surface area contributed by atoms with Crippen molar-refractivity contribution in [1.82, 2.24) is 4.98 Å². The Kier molecular flexibility index (Phi) is 5.80. The van der Waals surface area contributed by atoms with Crippen LogP contribution in [0.1, 0.15) is 12.1 Å². The molecule has 0 aliphatic carbocycles. The summed E-state index contributed by atoms with van der Waals surface area (Å²) >= 11 is 0. The van der Waals surface area contributed by atoms with E-state index in [1.165, 1.54) is 6.07 Å². The molecule has 0 aliphatic rings. The van der Waals surface area contributed by atoms with Gasteiger partial charge in [0.1, 0.15) is 5.69 Å². The van der Waals surface area contributed by atoms with Gasteiger partial charge in [0.15, 0.2) is 0 Å². The van der Waals surface area contributed by atoms with Crippen LogP contribution in [0.4, 0.5) is 8.78 Å². The molecule has 2 aromatic rings. The number of nitrogens with zero attached hydrogens (tertiary/aromatic N) is 1. The second kappa shape index (κ2) is 6.05. The molecule has 5 heteroatoms. The molecule has 15 heavy (non-hydrogen) atoms. The summed E-state index contributed by atoms with van der Waals surface area (Å²) in [6, 6.07) is 10.2. The Labute approximate surface area is 104 Å². The van der Waals surface area contributed by atoms with Crippen molar-refractivity contribution in [3.63, 3.8) is 0 Å². The number of hydrogen-bond donors (Lipinski definition) is 0. The maximum absolute atomic E-state index is 12.2. The van der Waals surface area contributed by atoms with Gasteiger partial charge >= 0.3 is 0 Å². The van der Waals surface area contributed by atoms with Crippen LogP contribution in [0.15, 0.2) is 36.4 Å². The number of aromatic nitrogens is 1. The van der Waals surface area contributed by atoms with Crippen LogP contribution in [-0.4, -0.2) is 22.1 Å². The molecule has 0 atom stereocenters. The van der Waals surface area contributed by atoms with Crippen LogP contribution in [0, 0.1) is 0 Å². The number of rotatable bonds is 1. The monoisotopic (exact) mass is 293 g/mol. The fourth-order valence-corrected chi connectivity index (χ4v) is 1.20. The van der Waals surface area contributed by atoms with Gasteiger partial charge < -0.3 is 0 Å². The van der Waals surface area contributed by atoms with Crippen LogP contribution in [0.25, 0.3) is 10.9 Å². The summed E-state index contributed by atoms with van der Waals surface area (Å²) in [6.45, 7) is 0.